The number of unbranched alkanes of at least 4 members (excludes halogenated alkanes) is 27. The molecular weight excluding hydrogens is 823 g/mol. The number of ether oxygens (including phenoxy) is 3. The first-order valence-electron chi connectivity index (χ1n) is 26.8. The molecule has 1 rings (SSSR count). The third kappa shape index (κ3) is 34.8. The first-order chi connectivity index (χ1) is 31.7. The lowest BCUT2D eigenvalue weighted by molar-refractivity contribution is -0.302. The minimum Gasteiger partial charge on any atom is -0.466 e. The SMILES string of the molecule is CCCCC/C=C/CC/C=C/C(O)C(COC1OC(CO)C(O)C(O)C1O)NC(=O)CCCCCCCCCCCCCCCCOC(=O)CCCCCCC/C=C\CCCCCCC. The molecule has 1 aliphatic rings. The second-order valence-corrected chi connectivity index (χ2v) is 18.6. The van der Waals surface area contributed by atoms with Crippen molar-refractivity contribution in [1.29, 1.82) is 0 Å². The number of hydrogen-bond donors (Lipinski definition) is 6. The van der Waals surface area contributed by atoms with Gasteiger partial charge >= 0.3 is 5.97 Å². The molecule has 0 aliphatic carbocycles. The van der Waals surface area contributed by atoms with Crippen molar-refractivity contribution in [1.82, 2.24) is 5.32 Å². The number of nitrogens with one attached hydrogen (secondary N) is 1. The van der Waals surface area contributed by atoms with E-state index in [0.29, 0.717) is 19.4 Å². The van der Waals surface area contributed by atoms with Crippen LogP contribution in [0.3, 0.4) is 0 Å². The standard InChI is InChI=1S/C54H99NO10/c1-3-5-7-9-11-13-14-15-19-22-26-30-34-38-42-50(59)63-43-39-35-31-27-23-20-17-16-18-21-25-29-33-37-41-49(58)55-46(47(57)40-36-32-28-24-12-10-8-6-4-2)45-64-54-53(62)52(61)51(60)48(44-56)65-54/h12,14-15,24,36,40,46-48,51-54,56-57,60-62H,3-11,13,16-23,25-35,37-39,41-45H2,1-2H3,(H,55,58)/b15-14-,24-12+,40-36+. The lowest BCUT2D eigenvalue weighted by atomic mass is 9.99. The van der Waals surface area contributed by atoms with E-state index in [-0.39, 0.29) is 18.5 Å². The van der Waals surface area contributed by atoms with Crippen LogP contribution in [0.5, 0.6) is 0 Å². The van der Waals surface area contributed by atoms with Crippen LogP contribution in [0, 0.1) is 0 Å². The highest BCUT2D eigenvalue weighted by Gasteiger charge is 2.44. The van der Waals surface area contributed by atoms with Crippen LogP contribution in [0.2, 0.25) is 0 Å². The van der Waals surface area contributed by atoms with Crippen LogP contribution in [0.1, 0.15) is 232 Å². The molecule has 1 amide bonds. The van der Waals surface area contributed by atoms with Crippen LogP contribution in [0.15, 0.2) is 36.5 Å². The van der Waals surface area contributed by atoms with Crippen LogP contribution in [-0.4, -0.2) is 100 Å². The summed E-state index contributed by atoms with van der Waals surface area (Å²) >= 11 is 0. The molecule has 0 aromatic heterocycles. The molecule has 1 saturated heterocycles. The smallest absolute Gasteiger partial charge is 0.305 e. The van der Waals surface area contributed by atoms with E-state index in [1.54, 1.807) is 6.08 Å². The number of hydrogen-bond acceptors (Lipinski definition) is 10. The molecule has 7 atom stereocenters. The molecular formula is C54H99NO10. The van der Waals surface area contributed by atoms with Gasteiger partial charge < -0.3 is 45.1 Å². The molecule has 1 aliphatic heterocycles. The lowest BCUT2D eigenvalue weighted by Crippen LogP contribution is -2.60. The van der Waals surface area contributed by atoms with E-state index in [9.17, 15) is 35.1 Å². The van der Waals surface area contributed by atoms with Crippen LogP contribution in [-0.2, 0) is 23.8 Å². The number of aliphatic hydroxyl groups excluding tert-OH is 5. The molecule has 7 unspecified atom stereocenters. The summed E-state index contributed by atoms with van der Waals surface area (Å²) in [6, 6.07) is -0.834. The second kappa shape index (κ2) is 44.4. The normalized spacial score (nSPS) is 20.0. The minimum atomic E-state index is -1.58. The van der Waals surface area contributed by atoms with Crippen molar-refractivity contribution in [2.45, 2.75) is 275 Å². The molecule has 11 heteroatoms. The number of allylic oxidation sites excluding steroid dienone is 5. The highest BCUT2D eigenvalue weighted by Crippen LogP contribution is 2.23. The van der Waals surface area contributed by atoms with Gasteiger partial charge in [0, 0.05) is 12.8 Å². The van der Waals surface area contributed by atoms with Crippen molar-refractivity contribution in [2.75, 3.05) is 19.8 Å². The van der Waals surface area contributed by atoms with E-state index in [1.807, 2.05) is 6.08 Å². The van der Waals surface area contributed by atoms with Crippen molar-refractivity contribution in [3.05, 3.63) is 36.5 Å². The zero-order valence-electron chi connectivity index (χ0n) is 41.4. The van der Waals surface area contributed by atoms with Gasteiger partial charge in [-0.1, -0.05) is 185 Å². The Kier molecular flexibility index (Phi) is 41.6. The van der Waals surface area contributed by atoms with Gasteiger partial charge in [-0.25, -0.2) is 0 Å². The Labute approximate surface area is 396 Å². The van der Waals surface area contributed by atoms with Crippen molar-refractivity contribution in [3.63, 3.8) is 0 Å². The Morgan fingerprint density at radius 1 is 0.554 bits per heavy atom. The minimum absolute atomic E-state index is 0.0331. The number of carbonyl (C=O) groups excluding carboxylic acids is 2. The third-order valence-electron chi connectivity index (χ3n) is 12.5. The summed E-state index contributed by atoms with van der Waals surface area (Å²) in [5.74, 6) is -0.239. The maximum absolute atomic E-state index is 13.0. The predicted molar refractivity (Wildman–Crippen MR) is 264 cm³/mol. The highest BCUT2D eigenvalue weighted by molar-refractivity contribution is 5.76. The molecule has 1 heterocycles. The fourth-order valence-corrected chi connectivity index (χ4v) is 8.15. The molecule has 65 heavy (non-hydrogen) atoms. The van der Waals surface area contributed by atoms with Gasteiger partial charge in [-0.05, 0) is 70.6 Å². The number of amides is 1. The first kappa shape index (κ1) is 60.9. The summed E-state index contributed by atoms with van der Waals surface area (Å²) in [5, 5.41) is 54.1. The fourth-order valence-electron chi connectivity index (χ4n) is 8.15. The van der Waals surface area contributed by atoms with Gasteiger partial charge in [0.1, 0.15) is 24.4 Å². The summed E-state index contributed by atoms with van der Waals surface area (Å²) in [6.45, 7) is 4.21. The summed E-state index contributed by atoms with van der Waals surface area (Å²) in [7, 11) is 0. The Morgan fingerprint density at radius 3 is 1.55 bits per heavy atom. The summed E-state index contributed by atoms with van der Waals surface area (Å²) in [6.07, 6.45) is 42.3. The van der Waals surface area contributed by atoms with Crippen LogP contribution in [0.4, 0.5) is 0 Å². The van der Waals surface area contributed by atoms with E-state index in [1.165, 1.54) is 135 Å². The summed E-state index contributed by atoms with van der Waals surface area (Å²) < 4.78 is 16.6. The van der Waals surface area contributed by atoms with Gasteiger partial charge in [0.25, 0.3) is 0 Å². The van der Waals surface area contributed by atoms with Crippen molar-refractivity contribution < 1.29 is 49.3 Å². The third-order valence-corrected chi connectivity index (χ3v) is 12.5. The first-order valence-corrected chi connectivity index (χ1v) is 26.8. The van der Waals surface area contributed by atoms with E-state index in [0.717, 1.165) is 70.6 Å². The number of esters is 1. The molecule has 0 saturated carbocycles. The van der Waals surface area contributed by atoms with Gasteiger partial charge in [-0.3, -0.25) is 9.59 Å². The molecule has 0 aromatic carbocycles. The average Bonchev–Trinajstić information content (AvgIpc) is 3.30. The molecule has 0 aromatic rings. The number of rotatable bonds is 45. The molecule has 6 N–H and O–H groups in total. The molecule has 380 valence electrons. The van der Waals surface area contributed by atoms with Crippen molar-refractivity contribution >= 4 is 11.9 Å². The van der Waals surface area contributed by atoms with E-state index in [2.05, 4.69) is 43.5 Å². The highest BCUT2D eigenvalue weighted by atomic mass is 16.7. The van der Waals surface area contributed by atoms with Gasteiger partial charge in [-0.2, -0.15) is 0 Å². The summed E-state index contributed by atoms with van der Waals surface area (Å²) in [4.78, 5) is 25.0. The maximum Gasteiger partial charge on any atom is 0.305 e. The molecule has 11 nitrogen and oxygen atoms in total. The van der Waals surface area contributed by atoms with E-state index < -0.39 is 49.5 Å². The van der Waals surface area contributed by atoms with E-state index in [4.69, 9.17) is 14.2 Å². The van der Waals surface area contributed by atoms with Crippen LogP contribution >= 0.6 is 0 Å². The largest absolute Gasteiger partial charge is 0.466 e. The molecule has 1 fully saturated rings. The van der Waals surface area contributed by atoms with Crippen LogP contribution in [0.25, 0.3) is 0 Å². The van der Waals surface area contributed by atoms with Crippen molar-refractivity contribution in [2.24, 2.45) is 0 Å². The van der Waals surface area contributed by atoms with Gasteiger partial charge in [-0.15, -0.1) is 0 Å². The topological polar surface area (TPSA) is 175 Å². The fraction of sp³-hybridized carbons (Fsp3) is 0.852. The quantitative estimate of drug-likeness (QED) is 0.0196. The van der Waals surface area contributed by atoms with Crippen molar-refractivity contribution in [3.8, 4) is 0 Å². The van der Waals surface area contributed by atoms with Gasteiger partial charge in [0.05, 0.1) is 32.0 Å². The molecule has 0 radical (unpaired) electrons. The number of aliphatic hydroxyl groups is 5. The van der Waals surface area contributed by atoms with Gasteiger partial charge in [0.2, 0.25) is 5.91 Å². The Hall–Kier alpha value is -2.12. The monoisotopic (exact) mass is 922 g/mol. The molecule has 0 spiro atoms. The maximum atomic E-state index is 13.0. The zero-order valence-corrected chi connectivity index (χ0v) is 41.4. The zero-order chi connectivity index (χ0) is 47.4. The second-order valence-electron chi connectivity index (χ2n) is 18.6. The van der Waals surface area contributed by atoms with Gasteiger partial charge in [0.15, 0.2) is 6.29 Å². The number of carbonyl (C=O) groups is 2. The summed E-state index contributed by atoms with van der Waals surface area (Å²) in [5.41, 5.74) is 0. The Morgan fingerprint density at radius 2 is 1.00 bits per heavy atom. The lowest BCUT2D eigenvalue weighted by Gasteiger charge is -2.40. The van der Waals surface area contributed by atoms with E-state index >= 15 is 0 Å². The Bertz CT molecular complexity index is 1180. The molecule has 0 bridgehead atoms. The average molecular weight is 922 g/mol. The predicted octanol–water partition coefficient (Wildman–Crippen LogP) is 11.2. The Balaban J connectivity index is 2.10. The van der Waals surface area contributed by atoms with Crippen LogP contribution < -0.4 is 5.32 Å².